The lowest BCUT2D eigenvalue weighted by Gasteiger charge is -2.09. The topological polar surface area (TPSA) is 53.6 Å². The van der Waals surface area contributed by atoms with Crippen LogP contribution in [0, 0.1) is 17.1 Å². The van der Waals surface area contributed by atoms with E-state index in [1.54, 1.807) is 6.07 Å². The summed E-state index contributed by atoms with van der Waals surface area (Å²) in [4.78, 5) is 0. The number of halogens is 1. The van der Waals surface area contributed by atoms with Crippen LogP contribution < -0.4 is 5.32 Å². The fourth-order valence-electron chi connectivity index (χ4n) is 2.79. The van der Waals surface area contributed by atoms with Gasteiger partial charge >= 0.3 is 0 Å². The molecule has 1 saturated carbocycles. The zero-order chi connectivity index (χ0) is 14.7. The molecule has 0 bridgehead atoms. The van der Waals surface area contributed by atoms with E-state index in [4.69, 9.17) is 5.26 Å². The van der Waals surface area contributed by atoms with Gasteiger partial charge in [-0.05, 0) is 37.1 Å². The fraction of sp³-hybridized carbons (Fsp3) is 0.375. The molecule has 1 aromatic heterocycles. The van der Waals surface area contributed by atoms with Gasteiger partial charge in [-0.3, -0.25) is 4.68 Å². The van der Waals surface area contributed by atoms with E-state index in [0.717, 1.165) is 5.69 Å². The van der Waals surface area contributed by atoms with Crippen molar-refractivity contribution in [1.29, 1.82) is 5.26 Å². The second-order valence-corrected chi connectivity index (χ2v) is 5.38. The maximum Gasteiger partial charge on any atom is 0.124 e. The first-order valence-electron chi connectivity index (χ1n) is 7.24. The molecule has 1 N–H and O–H groups in total. The minimum Gasteiger partial charge on any atom is -0.378 e. The Bertz CT molecular complexity index is 665. The van der Waals surface area contributed by atoms with E-state index < -0.39 is 5.82 Å². The third-order valence-corrected chi connectivity index (χ3v) is 3.92. The molecule has 21 heavy (non-hydrogen) atoms. The molecule has 0 atom stereocenters. The monoisotopic (exact) mass is 284 g/mol. The highest BCUT2D eigenvalue weighted by Crippen LogP contribution is 2.28. The van der Waals surface area contributed by atoms with Crippen LogP contribution in [-0.4, -0.2) is 9.78 Å². The van der Waals surface area contributed by atoms with Gasteiger partial charge in [-0.15, -0.1) is 0 Å². The zero-order valence-corrected chi connectivity index (χ0v) is 11.7. The van der Waals surface area contributed by atoms with Crippen molar-refractivity contribution in [2.45, 2.75) is 38.3 Å². The van der Waals surface area contributed by atoms with Gasteiger partial charge in [0.25, 0.3) is 0 Å². The average Bonchev–Trinajstić information content (AvgIpc) is 3.16. The summed E-state index contributed by atoms with van der Waals surface area (Å²) in [7, 11) is 0. The van der Waals surface area contributed by atoms with Crippen LogP contribution in [0.2, 0.25) is 0 Å². The second-order valence-electron chi connectivity index (χ2n) is 5.38. The van der Waals surface area contributed by atoms with Gasteiger partial charge in [0.05, 0.1) is 29.5 Å². The quantitative estimate of drug-likeness (QED) is 0.933. The molecule has 3 rings (SSSR count). The van der Waals surface area contributed by atoms with E-state index in [2.05, 4.69) is 10.4 Å². The number of hydrogen-bond donors (Lipinski definition) is 1. The Morgan fingerprint density at radius 3 is 2.90 bits per heavy atom. The van der Waals surface area contributed by atoms with Crippen molar-refractivity contribution < 1.29 is 4.39 Å². The van der Waals surface area contributed by atoms with Crippen LogP contribution in [0.4, 0.5) is 10.1 Å². The molecular weight excluding hydrogens is 267 g/mol. The van der Waals surface area contributed by atoms with Crippen LogP contribution in [0.1, 0.15) is 43.0 Å². The van der Waals surface area contributed by atoms with Crippen molar-refractivity contribution in [2.24, 2.45) is 0 Å². The smallest absolute Gasteiger partial charge is 0.124 e. The Hall–Kier alpha value is -2.35. The highest BCUT2D eigenvalue weighted by Gasteiger charge is 2.17. The standard InChI is InChI=1S/C16H17FN4/c17-13-5-6-16(12(9-13)10-18)19-11-14-7-8-21(20-14)15-3-1-2-4-15/h5-9,15,19H,1-4,11H2. The number of nitrogens with zero attached hydrogens (tertiary/aromatic N) is 3. The van der Waals surface area contributed by atoms with Crippen molar-refractivity contribution in [2.75, 3.05) is 5.32 Å². The summed E-state index contributed by atoms with van der Waals surface area (Å²) >= 11 is 0. The summed E-state index contributed by atoms with van der Waals surface area (Å²) in [6.07, 6.45) is 6.97. The van der Waals surface area contributed by atoms with Crippen molar-refractivity contribution in [1.82, 2.24) is 9.78 Å². The van der Waals surface area contributed by atoms with Gasteiger partial charge in [0.1, 0.15) is 11.9 Å². The summed E-state index contributed by atoms with van der Waals surface area (Å²) in [5, 5.41) is 16.7. The van der Waals surface area contributed by atoms with Crippen molar-refractivity contribution >= 4 is 5.69 Å². The average molecular weight is 284 g/mol. The zero-order valence-electron chi connectivity index (χ0n) is 11.7. The van der Waals surface area contributed by atoms with Gasteiger partial charge in [-0.2, -0.15) is 10.4 Å². The first kappa shape index (κ1) is 13.6. The van der Waals surface area contributed by atoms with Gasteiger partial charge in [0.2, 0.25) is 0 Å². The van der Waals surface area contributed by atoms with Gasteiger partial charge in [-0.25, -0.2) is 4.39 Å². The summed E-state index contributed by atoms with van der Waals surface area (Å²) in [5.74, 6) is -0.400. The minimum atomic E-state index is -0.400. The predicted octanol–water partition coefficient (Wildman–Crippen LogP) is 3.62. The van der Waals surface area contributed by atoms with E-state index in [-0.39, 0.29) is 0 Å². The van der Waals surface area contributed by atoms with Crippen LogP contribution in [0.15, 0.2) is 30.5 Å². The molecule has 0 spiro atoms. The molecule has 4 nitrogen and oxygen atoms in total. The number of benzene rings is 1. The van der Waals surface area contributed by atoms with Gasteiger partial charge < -0.3 is 5.32 Å². The molecule has 1 aromatic carbocycles. The molecule has 0 amide bonds. The first-order chi connectivity index (χ1) is 10.3. The third kappa shape index (κ3) is 3.05. The number of anilines is 1. The number of nitrogens with one attached hydrogen (secondary N) is 1. The summed E-state index contributed by atoms with van der Waals surface area (Å²) in [6.45, 7) is 0.528. The molecule has 108 valence electrons. The molecular formula is C16H17FN4. The summed E-state index contributed by atoms with van der Waals surface area (Å²) in [5.41, 5.74) is 1.87. The van der Waals surface area contributed by atoms with E-state index in [1.807, 2.05) is 23.0 Å². The van der Waals surface area contributed by atoms with Crippen LogP contribution in [0.5, 0.6) is 0 Å². The minimum absolute atomic E-state index is 0.310. The Morgan fingerprint density at radius 1 is 1.33 bits per heavy atom. The largest absolute Gasteiger partial charge is 0.378 e. The van der Waals surface area contributed by atoms with E-state index in [9.17, 15) is 4.39 Å². The van der Waals surface area contributed by atoms with Gasteiger partial charge in [0, 0.05) is 6.20 Å². The molecule has 1 aliphatic rings. The van der Waals surface area contributed by atoms with Crippen LogP contribution >= 0.6 is 0 Å². The Kier molecular flexibility index (Phi) is 3.87. The lowest BCUT2D eigenvalue weighted by atomic mass is 10.2. The molecule has 5 heteroatoms. The number of hydrogen-bond acceptors (Lipinski definition) is 3. The highest BCUT2D eigenvalue weighted by atomic mass is 19.1. The lowest BCUT2D eigenvalue weighted by Crippen LogP contribution is -2.07. The Balaban J connectivity index is 1.66. The van der Waals surface area contributed by atoms with E-state index >= 15 is 0 Å². The molecule has 1 fully saturated rings. The van der Waals surface area contributed by atoms with E-state index in [0.29, 0.717) is 23.8 Å². The molecule has 0 saturated heterocycles. The maximum absolute atomic E-state index is 13.1. The Morgan fingerprint density at radius 2 is 2.14 bits per heavy atom. The third-order valence-electron chi connectivity index (χ3n) is 3.92. The fourth-order valence-corrected chi connectivity index (χ4v) is 2.79. The van der Waals surface area contributed by atoms with Crippen LogP contribution in [-0.2, 0) is 6.54 Å². The molecule has 0 radical (unpaired) electrons. The molecule has 1 aliphatic carbocycles. The van der Waals surface area contributed by atoms with Crippen molar-refractivity contribution in [3.05, 3.63) is 47.5 Å². The highest BCUT2D eigenvalue weighted by molar-refractivity contribution is 5.57. The SMILES string of the molecule is N#Cc1cc(F)ccc1NCc1ccn(C2CCCC2)n1. The summed E-state index contributed by atoms with van der Waals surface area (Å²) < 4.78 is 15.1. The van der Waals surface area contributed by atoms with Gasteiger partial charge in [-0.1, -0.05) is 12.8 Å². The maximum atomic E-state index is 13.1. The predicted molar refractivity (Wildman–Crippen MR) is 78.2 cm³/mol. The first-order valence-corrected chi connectivity index (χ1v) is 7.24. The Labute approximate surface area is 123 Å². The second kappa shape index (κ2) is 5.96. The van der Waals surface area contributed by atoms with Crippen molar-refractivity contribution in [3.63, 3.8) is 0 Å². The van der Waals surface area contributed by atoms with Crippen molar-refractivity contribution in [3.8, 4) is 6.07 Å². The normalized spacial score (nSPS) is 15.0. The molecule has 0 unspecified atom stereocenters. The van der Waals surface area contributed by atoms with Crippen LogP contribution in [0.25, 0.3) is 0 Å². The van der Waals surface area contributed by atoms with E-state index in [1.165, 1.54) is 37.8 Å². The molecule has 0 aliphatic heterocycles. The van der Waals surface area contributed by atoms with Crippen LogP contribution in [0.3, 0.4) is 0 Å². The lowest BCUT2D eigenvalue weighted by molar-refractivity contribution is 0.463. The summed E-state index contributed by atoms with van der Waals surface area (Å²) in [6, 6.07) is 8.68. The molecule has 1 heterocycles. The number of rotatable bonds is 4. The molecule has 2 aromatic rings. The number of aromatic nitrogens is 2. The van der Waals surface area contributed by atoms with Gasteiger partial charge in [0.15, 0.2) is 0 Å². The number of nitriles is 1.